The minimum atomic E-state index is 0.0901. The standard InChI is InChI=1S/C30H33N5O/c1-35(2)29-26-10-6-7-11-27(26)33-30(34-29)32-25-18-16-24(17-19-25)31-28(36)20-21-12-14-23(15-13-21)22-8-4-3-5-9-22/h3-15,24-25H,16-20H2,1-2H3,(H,31,36)(H,32,33,34)/t24-,25+. The molecule has 2 N–H and O–H groups in total. The third-order valence-electron chi connectivity index (χ3n) is 6.86. The fraction of sp³-hybridized carbons (Fsp3) is 0.300. The van der Waals surface area contributed by atoms with Gasteiger partial charge in [-0.3, -0.25) is 4.79 Å². The summed E-state index contributed by atoms with van der Waals surface area (Å²) in [5.74, 6) is 1.68. The number of hydrogen-bond acceptors (Lipinski definition) is 5. The quantitative estimate of drug-likeness (QED) is 0.369. The van der Waals surface area contributed by atoms with Gasteiger partial charge in [0.2, 0.25) is 11.9 Å². The predicted octanol–water partition coefficient (Wildman–Crippen LogP) is 5.44. The van der Waals surface area contributed by atoms with E-state index in [0.29, 0.717) is 18.4 Å². The van der Waals surface area contributed by atoms with Crippen LogP contribution in [0.15, 0.2) is 78.9 Å². The molecule has 1 aromatic heterocycles. The molecular weight excluding hydrogens is 446 g/mol. The Hall–Kier alpha value is -3.93. The van der Waals surface area contributed by atoms with Crippen LogP contribution in [0, 0.1) is 0 Å². The van der Waals surface area contributed by atoms with E-state index in [0.717, 1.165) is 48.0 Å². The van der Waals surface area contributed by atoms with Crippen molar-refractivity contribution < 1.29 is 4.79 Å². The van der Waals surface area contributed by atoms with Crippen LogP contribution in [0.4, 0.5) is 11.8 Å². The zero-order valence-electron chi connectivity index (χ0n) is 20.9. The average molecular weight is 480 g/mol. The minimum Gasteiger partial charge on any atom is -0.362 e. The lowest BCUT2D eigenvalue weighted by Crippen LogP contribution is -2.40. The summed E-state index contributed by atoms with van der Waals surface area (Å²) < 4.78 is 0. The van der Waals surface area contributed by atoms with Crippen LogP contribution >= 0.6 is 0 Å². The summed E-state index contributed by atoms with van der Waals surface area (Å²) in [5, 5.41) is 7.83. The Kier molecular flexibility index (Phi) is 7.12. The first kappa shape index (κ1) is 23.8. The van der Waals surface area contributed by atoms with Crippen LogP contribution in [0.2, 0.25) is 0 Å². The minimum absolute atomic E-state index is 0.0901. The highest BCUT2D eigenvalue weighted by Gasteiger charge is 2.23. The average Bonchev–Trinajstić information content (AvgIpc) is 2.90. The maximum absolute atomic E-state index is 12.7. The van der Waals surface area contributed by atoms with Crippen molar-refractivity contribution in [3.05, 3.63) is 84.4 Å². The number of benzene rings is 3. The van der Waals surface area contributed by atoms with E-state index in [-0.39, 0.29) is 11.9 Å². The first-order chi connectivity index (χ1) is 17.5. The first-order valence-electron chi connectivity index (χ1n) is 12.7. The van der Waals surface area contributed by atoms with Crippen molar-refractivity contribution in [1.29, 1.82) is 0 Å². The molecular formula is C30H33N5O. The third kappa shape index (κ3) is 5.65. The molecule has 184 valence electrons. The van der Waals surface area contributed by atoms with Crippen molar-refractivity contribution in [1.82, 2.24) is 15.3 Å². The van der Waals surface area contributed by atoms with Gasteiger partial charge in [-0.15, -0.1) is 0 Å². The monoisotopic (exact) mass is 479 g/mol. The molecule has 0 aliphatic heterocycles. The molecule has 1 saturated carbocycles. The molecule has 0 bridgehead atoms. The second kappa shape index (κ2) is 10.8. The molecule has 1 amide bonds. The van der Waals surface area contributed by atoms with Crippen molar-refractivity contribution in [2.24, 2.45) is 0 Å². The van der Waals surface area contributed by atoms with Gasteiger partial charge in [-0.05, 0) is 54.5 Å². The van der Waals surface area contributed by atoms with Crippen LogP contribution in [-0.4, -0.2) is 42.1 Å². The fourth-order valence-corrected chi connectivity index (χ4v) is 4.94. The van der Waals surface area contributed by atoms with E-state index in [1.807, 2.05) is 67.5 Å². The molecule has 1 aliphatic carbocycles. The van der Waals surface area contributed by atoms with E-state index >= 15 is 0 Å². The molecule has 4 aromatic rings. The SMILES string of the molecule is CN(C)c1nc(N[C@H]2CC[C@@H](NC(=O)Cc3ccc(-c4ccccc4)cc3)CC2)nc2ccccc12. The molecule has 6 heteroatoms. The molecule has 0 unspecified atom stereocenters. The topological polar surface area (TPSA) is 70.2 Å². The van der Waals surface area contributed by atoms with E-state index in [1.165, 1.54) is 11.1 Å². The van der Waals surface area contributed by atoms with Gasteiger partial charge >= 0.3 is 0 Å². The lowest BCUT2D eigenvalue weighted by Gasteiger charge is -2.30. The Labute approximate surface area is 212 Å². The smallest absolute Gasteiger partial charge is 0.225 e. The zero-order valence-corrected chi connectivity index (χ0v) is 20.9. The van der Waals surface area contributed by atoms with Crippen LogP contribution in [0.5, 0.6) is 0 Å². The second-order valence-electron chi connectivity index (χ2n) is 9.78. The van der Waals surface area contributed by atoms with E-state index < -0.39 is 0 Å². The maximum Gasteiger partial charge on any atom is 0.225 e. The molecule has 0 spiro atoms. The van der Waals surface area contributed by atoms with Gasteiger partial charge in [0.25, 0.3) is 0 Å². The van der Waals surface area contributed by atoms with Gasteiger partial charge in [-0.25, -0.2) is 4.98 Å². The summed E-state index contributed by atoms with van der Waals surface area (Å²) in [4.78, 5) is 24.2. The summed E-state index contributed by atoms with van der Waals surface area (Å²) >= 11 is 0. The number of carbonyl (C=O) groups is 1. The second-order valence-corrected chi connectivity index (χ2v) is 9.78. The highest BCUT2D eigenvalue weighted by atomic mass is 16.1. The van der Waals surface area contributed by atoms with Crippen LogP contribution in [-0.2, 0) is 11.2 Å². The van der Waals surface area contributed by atoms with Gasteiger partial charge in [0.15, 0.2) is 0 Å². The molecule has 0 saturated heterocycles. The number of nitrogens with one attached hydrogen (secondary N) is 2. The predicted molar refractivity (Wildman–Crippen MR) is 147 cm³/mol. The van der Waals surface area contributed by atoms with Crippen LogP contribution in [0.3, 0.4) is 0 Å². The van der Waals surface area contributed by atoms with E-state index in [9.17, 15) is 4.79 Å². The Morgan fingerprint density at radius 2 is 1.44 bits per heavy atom. The number of para-hydroxylation sites is 1. The van der Waals surface area contributed by atoms with Crippen LogP contribution in [0.1, 0.15) is 31.2 Å². The van der Waals surface area contributed by atoms with Crippen molar-refractivity contribution in [2.45, 2.75) is 44.2 Å². The van der Waals surface area contributed by atoms with E-state index in [2.05, 4.69) is 41.0 Å². The molecule has 0 atom stereocenters. The van der Waals surface area contributed by atoms with Crippen molar-refractivity contribution >= 4 is 28.6 Å². The zero-order chi connectivity index (χ0) is 24.9. The summed E-state index contributed by atoms with van der Waals surface area (Å²) in [6, 6.07) is 27.2. The van der Waals surface area contributed by atoms with Crippen molar-refractivity contribution in [3.63, 3.8) is 0 Å². The highest BCUT2D eigenvalue weighted by Crippen LogP contribution is 2.26. The maximum atomic E-state index is 12.7. The van der Waals surface area contributed by atoms with Crippen molar-refractivity contribution in [3.8, 4) is 11.1 Å². The van der Waals surface area contributed by atoms with E-state index in [4.69, 9.17) is 9.97 Å². The first-order valence-corrected chi connectivity index (χ1v) is 12.7. The number of hydrogen-bond donors (Lipinski definition) is 2. The third-order valence-corrected chi connectivity index (χ3v) is 6.86. The van der Waals surface area contributed by atoms with Gasteiger partial charge < -0.3 is 15.5 Å². The van der Waals surface area contributed by atoms with Crippen LogP contribution < -0.4 is 15.5 Å². The lowest BCUT2D eigenvalue weighted by molar-refractivity contribution is -0.121. The number of nitrogens with zero attached hydrogens (tertiary/aromatic N) is 3. The highest BCUT2D eigenvalue weighted by molar-refractivity contribution is 5.90. The Morgan fingerprint density at radius 1 is 0.806 bits per heavy atom. The van der Waals surface area contributed by atoms with Gasteiger partial charge in [0.05, 0.1) is 11.9 Å². The molecule has 36 heavy (non-hydrogen) atoms. The molecule has 6 nitrogen and oxygen atoms in total. The van der Waals surface area contributed by atoms with Gasteiger partial charge in [-0.1, -0.05) is 66.7 Å². The van der Waals surface area contributed by atoms with Gasteiger partial charge in [-0.2, -0.15) is 4.98 Å². The van der Waals surface area contributed by atoms with Gasteiger partial charge in [0.1, 0.15) is 5.82 Å². The normalized spacial score (nSPS) is 17.5. The molecule has 0 radical (unpaired) electrons. The molecule has 1 heterocycles. The summed E-state index contributed by atoms with van der Waals surface area (Å²) in [6.45, 7) is 0. The Balaban J connectivity index is 1.12. The molecule has 1 fully saturated rings. The van der Waals surface area contributed by atoms with Crippen LogP contribution in [0.25, 0.3) is 22.0 Å². The number of fused-ring (bicyclic) bond motifs is 1. The number of carbonyl (C=O) groups excluding carboxylic acids is 1. The number of rotatable bonds is 7. The van der Waals surface area contributed by atoms with Gasteiger partial charge in [0, 0.05) is 31.6 Å². The summed E-state index contributed by atoms with van der Waals surface area (Å²) in [5.41, 5.74) is 4.33. The summed E-state index contributed by atoms with van der Waals surface area (Å²) in [7, 11) is 4.01. The summed E-state index contributed by atoms with van der Waals surface area (Å²) in [6.07, 6.45) is 4.26. The Bertz CT molecular complexity index is 1310. The molecule has 5 rings (SSSR count). The largest absolute Gasteiger partial charge is 0.362 e. The van der Waals surface area contributed by atoms with E-state index in [1.54, 1.807) is 0 Å². The van der Waals surface area contributed by atoms with Crippen molar-refractivity contribution in [2.75, 3.05) is 24.3 Å². The number of aromatic nitrogens is 2. The lowest BCUT2D eigenvalue weighted by atomic mass is 9.91. The molecule has 1 aliphatic rings. The molecule has 3 aromatic carbocycles. The number of anilines is 2. The fourth-order valence-electron chi connectivity index (χ4n) is 4.94. The number of amides is 1. The Morgan fingerprint density at radius 3 is 2.17 bits per heavy atom.